The Morgan fingerprint density at radius 2 is 2.26 bits per heavy atom. The van der Waals surface area contributed by atoms with Crippen molar-refractivity contribution in [1.29, 1.82) is 0 Å². The second-order valence-electron chi connectivity index (χ2n) is 4.17. The molecular weight excluding hydrogens is 262 g/mol. The summed E-state index contributed by atoms with van der Waals surface area (Å²) in [5.74, 6) is 0.761. The van der Waals surface area contributed by atoms with Gasteiger partial charge in [-0.25, -0.2) is 9.97 Å². The number of rotatable bonds is 7. The van der Waals surface area contributed by atoms with Crippen molar-refractivity contribution in [3.05, 3.63) is 17.8 Å². The molecule has 2 aromatic rings. The third kappa shape index (κ3) is 3.89. The van der Waals surface area contributed by atoms with E-state index in [4.69, 9.17) is 0 Å². The van der Waals surface area contributed by atoms with Crippen LogP contribution in [0, 0.1) is 0 Å². The highest BCUT2D eigenvalue weighted by atomic mass is 32.1. The van der Waals surface area contributed by atoms with E-state index in [0.29, 0.717) is 6.42 Å². The van der Waals surface area contributed by atoms with Crippen LogP contribution < -0.4 is 5.32 Å². The number of aromatic nitrogens is 2. The molecule has 2 rings (SSSR count). The van der Waals surface area contributed by atoms with Gasteiger partial charge in [0.15, 0.2) is 0 Å². The van der Waals surface area contributed by atoms with Crippen LogP contribution in [0.2, 0.25) is 0 Å². The molecule has 0 radical (unpaired) electrons. The average molecular weight is 279 g/mol. The van der Waals surface area contributed by atoms with Crippen LogP contribution in [0.25, 0.3) is 10.2 Å². The van der Waals surface area contributed by atoms with Gasteiger partial charge < -0.3 is 10.1 Å². The number of carbonyl (C=O) groups excluding carboxylic acids is 1. The van der Waals surface area contributed by atoms with Crippen molar-refractivity contribution >= 4 is 33.3 Å². The van der Waals surface area contributed by atoms with Gasteiger partial charge in [-0.1, -0.05) is 6.42 Å². The van der Waals surface area contributed by atoms with Gasteiger partial charge in [0.25, 0.3) is 0 Å². The Labute approximate surface area is 116 Å². The number of methoxy groups -OCH3 is 1. The summed E-state index contributed by atoms with van der Waals surface area (Å²) in [4.78, 5) is 19.4. The highest BCUT2D eigenvalue weighted by molar-refractivity contribution is 7.17. The highest BCUT2D eigenvalue weighted by Crippen LogP contribution is 2.24. The molecule has 0 aliphatic heterocycles. The van der Waals surface area contributed by atoms with Crippen molar-refractivity contribution in [3.63, 3.8) is 0 Å². The lowest BCUT2D eigenvalue weighted by Gasteiger charge is -2.05. The molecule has 1 N–H and O–H groups in total. The summed E-state index contributed by atoms with van der Waals surface area (Å²) in [6, 6.07) is 1.99. The molecule has 102 valence electrons. The van der Waals surface area contributed by atoms with Crippen LogP contribution >= 0.6 is 11.3 Å². The van der Waals surface area contributed by atoms with Gasteiger partial charge in [-0.05, 0) is 24.3 Å². The number of carbonyl (C=O) groups is 1. The van der Waals surface area contributed by atoms with Crippen molar-refractivity contribution in [2.24, 2.45) is 0 Å². The molecule has 0 saturated heterocycles. The Hall–Kier alpha value is -1.69. The van der Waals surface area contributed by atoms with E-state index in [9.17, 15) is 4.79 Å². The van der Waals surface area contributed by atoms with Crippen LogP contribution in [0.1, 0.15) is 25.7 Å². The van der Waals surface area contributed by atoms with Gasteiger partial charge in [-0.3, -0.25) is 4.79 Å². The molecule has 0 saturated carbocycles. The second kappa shape index (κ2) is 7.04. The molecule has 0 aromatic carbocycles. The molecule has 0 amide bonds. The molecule has 0 atom stereocenters. The van der Waals surface area contributed by atoms with E-state index in [-0.39, 0.29) is 5.97 Å². The van der Waals surface area contributed by atoms with E-state index in [1.165, 1.54) is 7.11 Å². The molecule has 0 bridgehead atoms. The summed E-state index contributed by atoms with van der Waals surface area (Å²) >= 11 is 1.64. The first-order valence-electron chi connectivity index (χ1n) is 6.30. The Morgan fingerprint density at radius 3 is 3.11 bits per heavy atom. The largest absolute Gasteiger partial charge is 0.469 e. The topological polar surface area (TPSA) is 64.1 Å². The third-order valence-corrected chi connectivity index (χ3v) is 3.73. The van der Waals surface area contributed by atoms with Crippen LogP contribution in [0.5, 0.6) is 0 Å². The Balaban J connectivity index is 1.71. The average Bonchev–Trinajstić information content (AvgIpc) is 2.91. The van der Waals surface area contributed by atoms with E-state index >= 15 is 0 Å². The predicted octanol–water partition coefficient (Wildman–Crippen LogP) is 2.84. The number of hydrogen-bond donors (Lipinski definition) is 1. The summed E-state index contributed by atoms with van der Waals surface area (Å²) < 4.78 is 5.69. The standard InChI is InChI=1S/C13H17N3O2S/c1-18-11(17)5-3-2-4-7-14-13-12-10(6-8-19-12)15-9-16-13/h6,8-9H,2-5,7H2,1H3,(H,14,15,16). The molecular formula is C13H17N3O2S. The van der Waals surface area contributed by atoms with Crippen molar-refractivity contribution in [3.8, 4) is 0 Å². The molecule has 0 fully saturated rings. The number of hydrogen-bond acceptors (Lipinski definition) is 6. The molecule has 2 aromatic heterocycles. The fraction of sp³-hybridized carbons (Fsp3) is 0.462. The fourth-order valence-electron chi connectivity index (χ4n) is 1.79. The lowest BCUT2D eigenvalue weighted by atomic mass is 10.2. The first kappa shape index (κ1) is 13.7. The van der Waals surface area contributed by atoms with Gasteiger partial charge in [0.1, 0.15) is 12.1 Å². The lowest BCUT2D eigenvalue weighted by Crippen LogP contribution is -2.04. The maximum Gasteiger partial charge on any atom is 0.305 e. The first-order chi connectivity index (χ1) is 9.31. The molecule has 2 heterocycles. The van der Waals surface area contributed by atoms with Gasteiger partial charge in [-0.15, -0.1) is 11.3 Å². The van der Waals surface area contributed by atoms with Gasteiger partial charge in [0.2, 0.25) is 0 Å². The van der Waals surface area contributed by atoms with E-state index in [2.05, 4.69) is 20.0 Å². The van der Waals surface area contributed by atoms with Gasteiger partial charge >= 0.3 is 5.97 Å². The zero-order valence-corrected chi connectivity index (χ0v) is 11.7. The third-order valence-electron chi connectivity index (χ3n) is 2.82. The molecule has 6 heteroatoms. The SMILES string of the molecule is COC(=O)CCCCCNc1ncnc2ccsc12. The summed E-state index contributed by atoms with van der Waals surface area (Å²) in [6.45, 7) is 0.852. The molecule has 0 aliphatic carbocycles. The number of unbranched alkanes of at least 4 members (excludes halogenated alkanes) is 2. The second-order valence-corrected chi connectivity index (χ2v) is 5.09. The fourth-order valence-corrected chi connectivity index (χ4v) is 2.61. The van der Waals surface area contributed by atoms with E-state index < -0.39 is 0 Å². The van der Waals surface area contributed by atoms with Gasteiger partial charge in [0, 0.05) is 13.0 Å². The number of thiophene rings is 1. The first-order valence-corrected chi connectivity index (χ1v) is 7.18. The number of nitrogens with zero attached hydrogens (tertiary/aromatic N) is 2. The number of esters is 1. The minimum absolute atomic E-state index is 0.135. The molecule has 0 spiro atoms. The number of anilines is 1. The van der Waals surface area contributed by atoms with Crippen LogP contribution in [0.15, 0.2) is 17.8 Å². The molecule has 0 aliphatic rings. The molecule has 19 heavy (non-hydrogen) atoms. The normalized spacial score (nSPS) is 10.6. The maximum atomic E-state index is 10.9. The van der Waals surface area contributed by atoms with E-state index in [0.717, 1.165) is 41.8 Å². The number of nitrogens with one attached hydrogen (secondary N) is 1. The molecule has 5 nitrogen and oxygen atoms in total. The number of ether oxygens (including phenoxy) is 1. The molecule has 0 unspecified atom stereocenters. The van der Waals surface area contributed by atoms with Gasteiger partial charge in [-0.2, -0.15) is 0 Å². The highest BCUT2D eigenvalue weighted by Gasteiger charge is 2.04. The Bertz CT molecular complexity index is 541. The monoisotopic (exact) mass is 279 g/mol. The predicted molar refractivity (Wildman–Crippen MR) is 76.4 cm³/mol. The Kier molecular flexibility index (Phi) is 5.09. The van der Waals surface area contributed by atoms with Crippen LogP contribution in [0.4, 0.5) is 5.82 Å². The smallest absolute Gasteiger partial charge is 0.305 e. The lowest BCUT2D eigenvalue weighted by molar-refractivity contribution is -0.140. The van der Waals surface area contributed by atoms with E-state index in [1.807, 2.05) is 11.4 Å². The minimum Gasteiger partial charge on any atom is -0.469 e. The summed E-state index contributed by atoms with van der Waals surface area (Å²) in [6.07, 6.45) is 4.95. The number of fused-ring (bicyclic) bond motifs is 1. The Morgan fingerprint density at radius 1 is 1.37 bits per heavy atom. The quantitative estimate of drug-likeness (QED) is 0.623. The summed E-state index contributed by atoms with van der Waals surface area (Å²) in [7, 11) is 1.42. The summed E-state index contributed by atoms with van der Waals surface area (Å²) in [5, 5.41) is 5.33. The van der Waals surface area contributed by atoms with Gasteiger partial charge in [0.05, 0.1) is 17.3 Å². The van der Waals surface area contributed by atoms with Crippen molar-refractivity contribution in [2.75, 3.05) is 19.0 Å². The summed E-state index contributed by atoms with van der Waals surface area (Å²) in [5.41, 5.74) is 0.980. The van der Waals surface area contributed by atoms with E-state index in [1.54, 1.807) is 17.7 Å². The zero-order valence-electron chi connectivity index (χ0n) is 10.9. The van der Waals surface area contributed by atoms with Crippen molar-refractivity contribution < 1.29 is 9.53 Å². The maximum absolute atomic E-state index is 10.9. The minimum atomic E-state index is -0.135. The zero-order chi connectivity index (χ0) is 13.5. The van der Waals surface area contributed by atoms with Crippen molar-refractivity contribution in [1.82, 2.24) is 9.97 Å². The van der Waals surface area contributed by atoms with Crippen LogP contribution in [-0.2, 0) is 9.53 Å². The van der Waals surface area contributed by atoms with Crippen LogP contribution in [-0.4, -0.2) is 29.6 Å². The van der Waals surface area contributed by atoms with Crippen molar-refractivity contribution in [2.45, 2.75) is 25.7 Å². The van der Waals surface area contributed by atoms with Crippen LogP contribution in [0.3, 0.4) is 0 Å².